The molecule has 1 aliphatic rings. The first-order valence-corrected chi connectivity index (χ1v) is 8.91. The van der Waals surface area contributed by atoms with Gasteiger partial charge in [-0.2, -0.15) is 0 Å². The van der Waals surface area contributed by atoms with Crippen LogP contribution in [0.2, 0.25) is 0 Å². The molecule has 0 N–H and O–H groups in total. The molecule has 0 atom stereocenters. The summed E-state index contributed by atoms with van der Waals surface area (Å²) in [5, 5.41) is 1.34. The van der Waals surface area contributed by atoms with Gasteiger partial charge in [0.1, 0.15) is 5.52 Å². The number of fused-ring (bicyclic) bond motifs is 1. The van der Waals surface area contributed by atoms with Crippen molar-refractivity contribution in [1.29, 1.82) is 0 Å². The number of aromatic nitrogens is 2. The summed E-state index contributed by atoms with van der Waals surface area (Å²) in [4.78, 5) is 4.45. The first kappa shape index (κ1) is 11.6. The Morgan fingerprint density at radius 3 is 2.88 bits per heavy atom. The second kappa shape index (κ2) is 4.35. The van der Waals surface area contributed by atoms with Gasteiger partial charge in [-0.25, -0.2) is 4.98 Å². The van der Waals surface area contributed by atoms with Gasteiger partial charge in [-0.15, -0.1) is 0 Å². The average Bonchev–Trinajstić information content (AvgIpc) is 3.13. The lowest BCUT2D eigenvalue weighted by atomic mass is 10.1. The van der Waals surface area contributed by atoms with Gasteiger partial charge in [-0.1, -0.05) is 0 Å². The number of ether oxygens (including phenoxy) is 1. The number of rotatable bonds is 3. The largest absolute Gasteiger partial charge is 0.479 e. The summed E-state index contributed by atoms with van der Waals surface area (Å²) in [6.45, 7) is 2.16. The lowest BCUT2D eigenvalue weighted by Gasteiger charge is -2.07. The molecule has 0 saturated heterocycles. The maximum Gasteiger partial charge on any atom is 0.239 e. The standard InChI is InChI=1S/C12H13IN2OS/c1-7-6-15(17-13)11-10(7)9(8-3-4-8)5-14-12(11)16-2/h5-6,8H,3-4H2,1-2H3. The molecule has 0 aliphatic heterocycles. The molecule has 0 unspecified atom stereocenters. The molecule has 3 nitrogen and oxygen atoms in total. The molecule has 0 radical (unpaired) electrons. The minimum Gasteiger partial charge on any atom is -0.479 e. The van der Waals surface area contributed by atoms with Gasteiger partial charge in [0, 0.05) is 48.1 Å². The predicted octanol–water partition coefficient (Wildman–Crippen LogP) is 4.08. The first-order chi connectivity index (χ1) is 8.26. The Bertz CT molecular complexity index is 577. The SMILES string of the molecule is COc1ncc(C2CC2)c2c(C)cn(SI)c12. The molecule has 0 spiro atoms. The summed E-state index contributed by atoms with van der Waals surface area (Å²) in [7, 11) is 3.34. The maximum absolute atomic E-state index is 5.39. The fourth-order valence-corrected chi connectivity index (χ4v) is 3.70. The van der Waals surface area contributed by atoms with Gasteiger partial charge in [-0.3, -0.25) is 3.97 Å². The van der Waals surface area contributed by atoms with Crippen molar-refractivity contribution in [2.75, 3.05) is 7.11 Å². The Balaban J connectivity index is 2.35. The van der Waals surface area contributed by atoms with Crippen molar-refractivity contribution in [3.63, 3.8) is 0 Å². The smallest absolute Gasteiger partial charge is 0.239 e. The number of hydrogen-bond acceptors (Lipinski definition) is 3. The maximum atomic E-state index is 5.39. The predicted molar refractivity (Wildman–Crippen MR) is 80.0 cm³/mol. The number of aryl methyl sites for hydroxylation is 1. The molecule has 0 amide bonds. The van der Waals surface area contributed by atoms with Gasteiger partial charge in [0.05, 0.1) is 7.11 Å². The number of pyridine rings is 1. The molecule has 90 valence electrons. The highest BCUT2D eigenvalue weighted by atomic mass is 127. The zero-order chi connectivity index (χ0) is 12.0. The first-order valence-electron chi connectivity index (χ1n) is 5.60. The van der Waals surface area contributed by atoms with E-state index in [9.17, 15) is 0 Å². The summed E-state index contributed by atoms with van der Waals surface area (Å²) < 4.78 is 7.53. The Morgan fingerprint density at radius 2 is 2.29 bits per heavy atom. The van der Waals surface area contributed by atoms with Gasteiger partial charge in [0.2, 0.25) is 5.88 Å². The van der Waals surface area contributed by atoms with Crippen molar-refractivity contribution in [3.8, 4) is 5.88 Å². The van der Waals surface area contributed by atoms with Crippen LogP contribution in [0.4, 0.5) is 0 Å². The zero-order valence-corrected chi connectivity index (χ0v) is 12.7. The highest BCUT2D eigenvalue weighted by molar-refractivity contribution is 14.2. The summed E-state index contributed by atoms with van der Waals surface area (Å²) in [6.07, 6.45) is 6.75. The molecular weight excluding hydrogens is 347 g/mol. The van der Waals surface area contributed by atoms with Crippen LogP contribution in [0.5, 0.6) is 5.88 Å². The number of hydrogen-bond donors (Lipinski definition) is 0. The second-order valence-corrected chi connectivity index (χ2v) is 6.14. The van der Waals surface area contributed by atoms with Crippen LogP contribution in [-0.4, -0.2) is 16.1 Å². The van der Waals surface area contributed by atoms with E-state index < -0.39 is 0 Å². The van der Waals surface area contributed by atoms with E-state index in [2.05, 4.69) is 43.3 Å². The van der Waals surface area contributed by atoms with Crippen molar-refractivity contribution < 1.29 is 4.74 Å². The third-order valence-electron chi connectivity index (χ3n) is 3.26. The van der Waals surface area contributed by atoms with Crippen LogP contribution in [0.3, 0.4) is 0 Å². The quantitative estimate of drug-likeness (QED) is 0.772. The Kier molecular flexibility index (Phi) is 2.98. The fourth-order valence-electron chi connectivity index (χ4n) is 2.33. The molecule has 3 rings (SSSR count). The topological polar surface area (TPSA) is 27.1 Å². The van der Waals surface area contributed by atoms with E-state index in [1.165, 1.54) is 29.4 Å². The van der Waals surface area contributed by atoms with E-state index in [4.69, 9.17) is 4.74 Å². The summed E-state index contributed by atoms with van der Waals surface area (Å²) in [6, 6.07) is 0. The molecule has 2 aromatic rings. The lowest BCUT2D eigenvalue weighted by Crippen LogP contribution is -1.94. The van der Waals surface area contributed by atoms with Crippen molar-refractivity contribution in [3.05, 3.63) is 23.5 Å². The number of nitrogens with zero attached hydrogens (tertiary/aromatic N) is 2. The van der Waals surface area contributed by atoms with Crippen LogP contribution >= 0.6 is 30.3 Å². The van der Waals surface area contributed by atoms with Gasteiger partial charge < -0.3 is 4.74 Å². The van der Waals surface area contributed by atoms with Crippen LogP contribution in [0, 0.1) is 6.92 Å². The Morgan fingerprint density at radius 1 is 1.53 bits per heavy atom. The molecule has 0 bridgehead atoms. The molecule has 1 fully saturated rings. The monoisotopic (exact) mass is 360 g/mol. The van der Waals surface area contributed by atoms with Crippen LogP contribution in [0.15, 0.2) is 12.4 Å². The van der Waals surface area contributed by atoms with Gasteiger partial charge >= 0.3 is 0 Å². The number of methoxy groups -OCH3 is 1. The molecule has 1 aliphatic carbocycles. The van der Waals surface area contributed by atoms with E-state index in [0.29, 0.717) is 5.92 Å². The summed E-state index contributed by atoms with van der Waals surface area (Å²) in [5.41, 5.74) is 3.82. The van der Waals surface area contributed by atoms with Gasteiger partial charge in [0.15, 0.2) is 0 Å². The minimum absolute atomic E-state index is 0.713. The van der Waals surface area contributed by atoms with Gasteiger partial charge in [0.25, 0.3) is 0 Å². The molecule has 1 saturated carbocycles. The lowest BCUT2D eigenvalue weighted by molar-refractivity contribution is 0.402. The third-order valence-corrected chi connectivity index (χ3v) is 4.97. The van der Waals surface area contributed by atoms with E-state index in [1.807, 2.05) is 6.20 Å². The van der Waals surface area contributed by atoms with E-state index in [-0.39, 0.29) is 0 Å². The van der Waals surface area contributed by atoms with Crippen LogP contribution in [0.1, 0.15) is 29.9 Å². The van der Waals surface area contributed by atoms with Crippen molar-refractivity contribution in [2.45, 2.75) is 25.7 Å². The molecule has 0 aromatic carbocycles. The van der Waals surface area contributed by atoms with E-state index >= 15 is 0 Å². The number of halogens is 1. The highest BCUT2D eigenvalue weighted by Gasteiger charge is 2.28. The summed E-state index contributed by atoms with van der Waals surface area (Å²) >= 11 is 2.29. The molecule has 17 heavy (non-hydrogen) atoms. The molecular formula is C12H13IN2OS. The highest BCUT2D eigenvalue weighted by Crippen LogP contribution is 2.46. The van der Waals surface area contributed by atoms with Crippen molar-refractivity contribution >= 4 is 41.2 Å². The van der Waals surface area contributed by atoms with Crippen LogP contribution < -0.4 is 4.74 Å². The Hall–Kier alpha value is -0.430. The molecule has 2 heterocycles. The van der Waals surface area contributed by atoms with Crippen molar-refractivity contribution in [1.82, 2.24) is 8.96 Å². The fraction of sp³-hybridized carbons (Fsp3) is 0.417. The van der Waals surface area contributed by atoms with Crippen LogP contribution in [-0.2, 0) is 0 Å². The average molecular weight is 360 g/mol. The van der Waals surface area contributed by atoms with Gasteiger partial charge in [-0.05, 0) is 36.8 Å². The second-order valence-electron chi connectivity index (χ2n) is 4.43. The normalized spacial score (nSPS) is 15.5. The zero-order valence-electron chi connectivity index (χ0n) is 9.74. The summed E-state index contributed by atoms with van der Waals surface area (Å²) in [5.74, 6) is 1.44. The molecule has 2 aromatic heterocycles. The van der Waals surface area contributed by atoms with Crippen molar-refractivity contribution in [2.24, 2.45) is 0 Å². The molecule has 5 heteroatoms. The van der Waals surface area contributed by atoms with E-state index in [0.717, 1.165) is 11.4 Å². The van der Waals surface area contributed by atoms with E-state index in [1.54, 1.807) is 16.2 Å². The third kappa shape index (κ3) is 1.83. The minimum atomic E-state index is 0.713. The van der Waals surface area contributed by atoms with Crippen LogP contribution in [0.25, 0.3) is 10.9 Å². The Labute approximate surface area is 117 Å².